The van der Waals surface area contributed by atoms with E-state index in [9.17, 15) is 4.39 Å². The minimum absolute atomic E-state index is 0.317. The largest absolute Gasteiger partial charge is 0.490 e. The Balaban J connectivity index is 2.57. The third-order valence-corrected chi connectivity index (χ3v) is 3.57. The number of hydrogen-bond acceptors (Lipinski definition) is 1. The van der Waals surface area contributed by atoms with Crippen LogP contribution in [-0.2, 0) is 0 Å². The highest BCUT2D eigenvalue weighted by atomic mass is 79.9. The van der Waals surface area contributed by atoms with Crippen molar-refractivity contribution in [3.05, 3.63) is 28.5 Å². The number of halogens is 3. The zero-order valence-electron chi connectivity index (χ0n) is 8.47. The molecule has 1 atom stereocenters. The van der Waals surface area contributed by atoms with E-state index in [1.165, 1.54) is 6.07 Å². The van der Waals surface area contributed by atoms with E-state index >= 15 is 0 Å². The number of ether oxygens (including phenoxy) is 1. The van der Waals surface area contributed by atoms with Crippen molar-refractivity contribution in [3.63, 3.8) is 0 Å². The molecule has 1 nitrogen and oxygen atoms in total. The van der Waals surface area contributed by atoms with Gasteiger partial charge in [0.2, 0.25) is 0 Å². The molecule has 0 N–H and O–H groups in total. The minimum atomic E-state index is -0.325. The van der Waals surface area contributed by atoms with Crippen molar-refractivity contribution in [3.8, 4) is 5.75 Å². The zero-order chi connectivity index (χ0) is 11.3. The maximum Gasteiger partial charge on any atom is 0.166 e. The first kappa shape index (κ1) is 13.0. The van der Waals surface area contributed by atoms with Crippen LogP contribution in [0, 0.1) is 11.7 Å². The van der Waals surface area contributed by atoms with Crippen LogP contribution in [0.3, 0.4) is 0 Å². The van der Waals surface area contributed by atoms with Gasteiger partial charge in [-0.05, 0) is 24.6 Å². The van der Waals surface area contributed by atoms with Crippen LogP contribution in [0.5, 0.6) is 5.75 Å². The third-order valence-electron chi connectivity index (χ3n) is 2.16. The predicted octanol–water partition coefficient (Wildman–Crippen LogP) is 4.39. The molecule has 0 saturated carbocycles. The summed E-state index contributed by atoms with van der Waals surface area (Å²) in [7, 11) is 0. The second-order valence-corrected chi connectivity index (χ2v) is 4.88. The number of rotatable bonds is 5. The van der Waals surface area contributed by atoms with Crippen molar-refractivity contribution in [1.29, 1.82) is 0 Å². The molecule has 0 bridgehead atoms. The Labute approximate surface area is 106 Å². The van der Waals surface area contributed by atoms with Crippen LogP contribution in [0.25, 0.3) is 0 Å². The van der Waals surface area contributed by atoms with E-state index < -0.39 is 0 Å². The first-order valence-electron chi connectivity index (χ1n) is 4.81. The lowest BCUT2D eigenvalue weighted by Gasteiger charge is -2.13. The molecule has 1 rings (SSSR count). The van der Waals surface area contributed by atoms with Gasteiger partial charge in [-0.2, -0.15) is 0 Å². The quantitative estimate of drug-likeness (QED) is 0.723. The van der Waals surface area contributed by atoms with Crippen molar-refractivity contribution in [2.45, 2.75) is 13.3 Å². The minimum Gasteiger partial charge on any atom is -0.490 e. The van der Waals surface area contributed by atoms with Gasteiger partial charge in [0.05, 0.1) is 6.61 Å². The van der Waals surface area contributed by atoms with Crippen molar-refractivity contribution < 1.29 is 9.13 Å². The fourth-order valence-corrected chi connectivity index (χ4v) is 2.05. The molecule has 0 heterocycles. The van der Waals surface area contributed by atoms with Gasteiger partial charge in [-0.15, -0.1) is 0 Å². The highest BCUT2D eigenvalue weighted by Gasteiger charge is 2.08. The van der Waals surface area contributed by atoms with E-state index in [4.69, 9.17) is 4.74 Å². The summed E-state index contributed by atoms with van der Waals surface area (Å²) in [5, 5.41) is 0.877. The molecule has 1 unspecified atom stereocenters. The SMILES string of the molecule is CCC(CBr)COc1ccc(Br)cc1F. The second-order valence-electron chi connectivity index (χ2n) is 3.31. The standard InChI is InChI=1S/C11H13Br2FO/c1-2-8(6-12)7-15-11-4-3-9(13)5-10(11)14/h3-5,8H,2,6-7H2,1H3. The van der Waals surface area contributed by atoms with Gasteiger partial charge in [-0.3, -0.25) is 0 Å². The molecular weight excluding hydrogens is 327 g/mol. The van der Waals surface area contributed by atoms with Crippen LogP contribution in [0.1, 0.15) is 13.3 Å². The Bertz CT molecular complexity index is 313. The predicted molar refractivity (Wildman–Crippen MR) is 67.2 cm³/mol. The maximum absolute atomic E-state index is 13.3. The molecule has 0 aliphatic rings. The first-order chi connectivity index (χ1) is 7.17. The molecule has 15 heavy (non-hydrogen) atoms. The summed E-state index contributed by atoms with van der Waals surface area (Å²) in [6.07, 6.45) is 1.02. The number of alkyl halides is 1. The van der Waals surface area contributed by atoms with Gasteiger partial charge in [-0.25, -0.2) is 4.39 Å². The molecule has 0 spiro atoms. The average Bonchev–Trinajstić information content (AvgIpc) is 2.22. The summed E-state index contributed by atoms with van der Waals surface area (Å²) in [5.74, 6) is 0.416. The van der Waals surface area contributed by atoms with Gasteiger partial charge >= 0.3 is 0 Å². The zero-order valence-corrected chi connectivity index (χ0v) is 11.6. The highest BCUT2D eigenvalue weighted by molar-refractivity contribution is 9.10. The van der Waals surface area contributed by atoms with E-state index in [0.717, 1.165) is 16.2 Å². The number of benzene rings is 1. The Morgan fingerprint density at radius 3 is 2.73 bits per heavy atom. The first-order valence-corrected chi connectivity index (χ1v) is 6.72. The monoisotopic (exact) mass is 338 g/mol. The Hall–Kier alpha value is -0.0900. The molecular formula is C11H13Br2FO. The molecule has 0 amide bonds. The summed E-state index contributed by atoms with van der Waals surface area (Å²) < 4.78 is 19.5. The lowest BCUT2D eigenvalue weighted by atomic mass is 10.1. The van der Waals surface area contributed by atoms with Crippen molar-refractivity contribution in [2.75, 3.05) is 11.9 Å². The van der Waals surface area contributed by atoms with Crippen LogP contribution in [0.15, 0.2) is 22.7 Å². The van der Waals surface area contributed by atoms with Gasteiger partial charge in [0.25, 0.3) is 0 Å². The van der Waals surface area contributed by atoms with Gasteiger partial charge in [0.15, 0.2) is 11.6 Å². The molecule has 0 aliphatic carbocycles. The Kier molecular flexibility index (Phi) is 5.61. The van der Waals surface area contributed by atoms with Crippen LogP contribution in [0.2, 0.25) is 0 Å². The van der Waals surface area contributed by atoms with E-state index in [1.807, 2.05) is 0 Å². The van der Waals surface area contributed by atoms with E-state index in [2.05, 4.69) is 38.8 Å². The molecule has 4 heteroatoms. The smallest absolute Gasteiger partial charge is 0.166 e. The summed E-state index contributed by atoms with van der Waals surface area (Å²) in [5.41, 5.74) is 0. The van der Waals surface area contributed by atoms with Crippen LogP contribution >= 0.6 is 31.9 Å². The highest BCUT2D eigenvalue weighted by Crippen LogP contribution is 2.22. The van der Waals surface area contributed by atoms with Crippen LogP contribution in [0.4, 0.5) is 4.39 Å². The summed E-state index contributed by atoms with van der Waals surface area (Å²) in [6, 6.07) is 4.82. The number of hydrogen-bond donors (Lipinski definition) is 0. The molecule has 0 radical (unpaired) electrons. The van der Waals surface area contributed by atoms with Crippen LogP contribution in [-0.4, -0.2) is 11.9 Å². The van der Waals surface area contributed by atoms with Crippen LogP contribution < -0.4 is 4.74 Å². The van der Waals surface area contributed by atoms with Crippen molar-refractivity contribution in [1.82, 2.24) is 0 Å². The van der Waals surface area contributed by atoms with E-state index in [-0.39, 0.29) is 5.82 Å². The van der Waals surface area contributed by atoms with Gasteiger partial charge in [-0.1, -0.05) is 38.8 Å². The summed E-state index contributed by atoms with van der Waals surface area (Å²) >= 11 is 6.60. The van der Waals surface area contributed by atoms with Crippen molar-refractivity contribution in [2.24, 2.45) is 5.92 Å². The lowest BCUT2D eigenvalue weighted by molar-refractivity contribution is 0.249. The average molecular weight is 340 g/mol. The van der Waals surface area contributed by atoms with Gasteiger partial charge in [0.1, 0.15) is 0 Å². The lowest BCUT2D eigenvalue weighted by Crippen LogP contribution is -2.12. The van der Waals surface area contributed by atoms with Gasteiger partial charge < -0.3 is 4.74 Å². The normalized spacial score (nSPS) is 12.5. The Morgan fingerprint density at radius 2 is 2.20 bits per heavy atom. The molecule has 1 aromatic rings. The molecule has 1 aromatic carbocycles. The van der Waals surface area contributed by atoms with E-state index in [0.29, 0.717) is 18.3 Å². The molecule has 0 aliphatic heterocycles. The summed E-state index contributed by atoms with van der Waals surface area (Å²) in [4.78, 5) is 0. The topological polar surface area (TPSA) is 9.23 Å². The fourth-order valence-electron chi connectivity index (χ4n) is 1.07. The summed E-state index contributed by atoms with van der Waals surface area (Å²) in [6.45, 7) is 2.63. The van der Waals surface area contributed by atoms with Crippen molar-refractivity contribution >= 4 is 31.9 Å². The molecule has 84 valence electrons. The third kappa shape index (κ3) is 4.11. The molecule has 0 fully saturated rings. The van der Waals surface area contributed by atoms with Gasteiger partial charge in [0, 0.05) is 15.7 Å². The molecule has 0 aromatic heterocycles. The second kappa shape index (κ2) is 6.48. The fraction of sp³-hybridized carbons (Fsp3) is 0.455. The Morgan fingerprint density at radius 1 is 1.47 bits per heavy atom. The maximum atomic E-state index is 13.3. The molecule has 0 saturated heterocycles. The van der Waals surface area contributed by atoms with E-state index in [1.54, 1.807) is 12.1 Å².